The molecule has 0 spiro atoms. The van der Waals surface area contributed by atoms with E-state index in [0.29, 0.717) is 13.0 Å². The molecule has 1 aromatic rings. The number of hydrogen-bond donors (Lipinski definition) is 2. The molecule has 2 N–H and O–H groups in total. The summed E-state index contributed by atoms with van der Waals surface area (Å²) in [4.78, 5) is 11.8. The molecule has 0 aromatic heterocycles. The Hall–Kier alpha value is -1.75. The van der Waals surface area contributed by atoms with Gasteiger partial charge in [0.25, 0.3) is 0 Å². The molecule has 2 atom stereocenters. The number of piperidine rings is 1. The van der Waals surface area contributed by atoms with Crippen LogP contribution in [0.2, 0.25) is 0 Å². The molecule has 0 bridgehead atoms. The van der Waals surface area contributed by atoms with Crippen molar-refractivity contribution in [3.8, 4) is 5.75 Å². The van der Waals surface area contributed by atoms with Gasteiger partial charge in [0.1, 0.15) is 11.8 Å². The molecule has 1 amide bonds. The second kappa shape index (κ2) is 4.63. The monoisotopic (exact) mass is 236 g/mol. The van der Waals surface area contributed by atoms with E-state index < -0.39 is 12.2 Å². The molecule has 92 valence electrons. The number of phenolic OH excluding ortho intramolecular Hbond substituents is 1. The van der Waals surface area contributed by atoms with Crippen molar-refractivity contribution in [3.63, 3.8) is 0 Å². The number of carbonyl (C=O) groups excluding carboxylic acids is 1. The predicted molar refractivity (Wildman–Crippen MR) is 58.4 cm³/mol. The number of nitrogens with zero attached hydrogens (tertiary/aromatic N) is 1. The van der Waals surface area contributed by atoms with Crippen molar-refractivity contribution in [1.29, 1.82) is 0 Å². The molecule has 0 radical (unpaired) electrons. The largest absolute Gasteiger partial charge is 0.530 e. The van der Waals surface area contributed by atoms with Crippen LogP contribution in [0.5, 0.6) is 5.75 Å². The van der Waals surface area contributed by atoms with E-state index in [1.165, 1.54) is 0 Å². The Labute approximate surface area is 98.9 Å². The molecule has 2 unspecified atom stereocenters. The Morgan fingerprint density at radius 3 is 2.53 bits per heavy atom. The van der Waals surface area contributed by atoms with Crippen LogP contribution in [-0.2, 0) is 0 Å². The van der Waals surface area contributed by atoms with Crippen LogP contribution in [0.15, 0.2) is 24.3 Å². The molecule has 1 aromatic carbocycles. The number of phenols is 1. The number of carbonyl (C=O) groups is 1. The highest BCUT2D eigenvalue weighted by Crippen LogP contribution is 2.29. The molecule has 17 heavy (non-hydrogen) atoms. The van der Waals surface area contributed by atoms with Crippen molar-refractivity contribution in [2.45, 2.75) is 18.4 Å². The SMILES string of the molecule is O=C([O-])N1CCC(c2ccc(O)cc2)C(O)C1. The molecule has 5 nitrogen and oxygen atoms in total. The van der Waals surface area contributed by atoms with Crippen molar-refractivity contribution in [2.75, 3.05) is 13.1 Å². The highest BCUT2D eigenvalue weighted by Gasteiger charge is 2.28. The molecule has 2 rings (SSSR count). The molecule has 1 heterocycles. The number of hydrogen-bond acceptors (Lipinski definition) is 4. The first-order chi connectivity index (χ1) is 8.08. The van der Waals surface area contributed by atoms with Crippen LogP contribution in [-0.4, -0.2) is 40.4 Å². The Morgan fingerprint density at radius 2 is 2.00 bits per heavy atom. The highest BCUT2D eigenvalue weighted by molar-refractivity contribution is 5.62. The predicted octanol–water partition coefficient (Wildman–Crippen LogP) is -0.114. The van der Waals surface area contributed by atoms with Gasteiger partial charge in [0, 0.05) is 19.0 Å². The Morgan fingerprint density at radius 1 is 1.35 bits per heavy atom. The van der Waals surface area contributed by atoms with Gasteiger partial charge in [-0.15, -0.1) is 0 Å². The third kappa shape index (κ3) is 2.50. The van der Waals surface area contributed by atoms with Crippen LogP contribution < -0.4 is 5.11 Å². The third-order valence-electron chi connectivity index (χ3n) is 3.16. The summed E-state index contributed by atoms with van der Waals surface area (Å²) in [6.45, 7) is 0.443. The summed E-state index contributed by atoms with van der Waals surface area (Å²) in [7, 11) is 0. The van der Waals surface area contributed by atoms with Gasteiger partial charge in [0.05, 0.1) is 6.10 Å². The quantitative estimate of drug-likeness (QED) is 0.712. The van der Waals surface area contributed by atoms with Gasteiger partial charge in [-0.05, 0) is 24.1 Å². The summed E-state index contributed by atoms with van der Waals surface area (Å²) in [5, 5.41) is 29.8. The molecular formula is C12H14NO4-. The standard InChI is InChI=1S/C12H15NO4/c14-9-3-1-8(2-4-9)10-5-6-13(12(16)17)7-11(10)15/h1-4,10-11,14-15H,5-7H2,(H,16,17)/p-1. The van der Waals surface area contributed by atoms with Crippen LogP contribution in [0.1, 0.15) is 17.9 Å². The lowest BCUT2D eigenvalue weighted by molar-refractivity contribution is -0.268. The molecule has 0 saturated carbocycles. The molecular weight excluding hydrogens is 222 g/mol. The van der Waals surface area contributed by atoms with Crippen molar-refractivity contribution < 1.29 is 20.1 Å². The number of aliphatic hydroxyl groups is 1. The van der Waals surface area contributed by atoms with E-state index >= 15 is 0 Å². The smallest absolute Gasteiger partial charge is 0.137 e. The first kappa shape index (κ1) is 11.7. The van der Waals surface area contributed by atoms with Crippen LogP contribution in [0.4, 0.5) is 4.79 Å². The zero-order chi connectivity index (χ0) is 12.4. The van der Waals surface area contributed by atoms with E-state index in [9.17, 15) is 20.1 Å². The van der Waals surface area contributed by atoms with Gasteiger partial charge in [-0.3, -0.25) is 0 Å². The minimum absolute atomic E-state index is 0.0773. The summed E-state index contributed by atoms with van der Waals surface area (Å²) in [5.74, 6) is 0.0848. The van der Waals surface area contributed by atoms with E-state index in [1.54, 1.807) is 24.3 Å². The van der Waals surface area contributed by atoms with E-state index in [1.807, 2.05) is 0 Å². The molecule has 0 aliphatic carbocycles. The highest BCUT2D eigenvalue weighted by atomic mass is 16.4. The fraction of sp³-hybridized carbons (Fsp3) is 0.417. The van der Waals surface area contributed by atoms with E-state index in [0.717, 1.165) is 10.5 Å². The molecule has 1 saturated heterocycles. The van der Waals surface area contributed by atoms with Gasteiger partial charge >= 0.3 is 0 Å². The summed E-state index contributed by atoms with van der Waals surface area (Å²) < 4.78 is 0. The summed E-state index contributed by atoms with van der Waals surface area (Å²) in [5.41, 5.74) is 0.910. The van der Waals surface area contributed by atoms with Gasteiger partial charge in [0.15, 0.2) is 0 Å². The van der Waals surface area contributed by atoms with E-state index in [2.05, 4.69) is 0 Å². The molecule has 1 fully saturated rings. The van der Waals surface area contributed by atoms with Crippen molar-refractivity contribution in [2.24, 2.45) is 0 Å². The molecule has 1 aliphatic heterocycles. The maximum Gasteiger partial charge on any atom is 0.137 e. The first-order valence-corrected chi connectivity index (χ1v) is 5.51. The number of rotatable bonds is 1. The maximum atomic E-state index is 10.7. The Balaban J connectivity index is 2.09. The minimum Gasteiger partial charge on any atom is -0.530 e. The number of likely N-dealkylation sites (tertiary alicyclic amines) is 1. The zero-order valence-corrected chi connectivity index (χ0v) is 9.24. The van der Waals surface area contributed by atoms with Crippen LogP contribution in [0, 0.1) is 0 Å². The van der Waals surface area contributed by atoms with Crippen molar-refractivity contribution in [3.05, 3.63) is 29.8 Å². The lowest BCUT2D eigenvalue weighted by atomic mass is 9.87. The maximum absolute atomic E-state index is 10.7. The topological polar surface area (TPSA) is 83.8 Å². The number of benzene rings is 1. The number of β-amino-alcohol motifs (C(OH)–C–C–N with tert-alkyl or cyclic N) is 1. The second-order valence-corrected chi connectivity index (χ2v) is 4.27. The van der Waals surface area contributed by atoms with Crippen LogP contribution in [0.3, 0.4) is 0 Å². The molecule has 1 aliphatic rings. The zero-order valence-electron chi connectivity index (χ0n) is 9.24. The van der Waals surface area contributed by atoms with Gasteiger partial charge in [-0.25, -0.2) is 0 Å². The average Bonchev–Trinajstić information content (AvgIpc) is 2.30. The normalized spacial score (nSPS) is 24.6. The minimum atomic E-state index is -1.24. The van der Waals surface area contributed by atoms with Crippen molar-refractivity contribution >= 4 is 6.09 Å². The van der Waals surface area contributed by atoms with Gasteiger partial charge in [0.2, 0.25) is 0 Å². The summed E-state index contributed by atoms with van der Waals surface area (Å²) in [6.07, 6.45) is -1.42. The lowest BCUT2D eigenvalue weighted by Gasteiger charge is -2.37. The Kier molecular flexibility index (Phi) is 3.19. The number of aliphatic hydroxyl groups excluding tert-OH is 1. The van der Waals surface area contributed by atoms with Crippen molar-refractivity contribution in [1.82, 2.24) is 4.90 Å². The van der Waals surface area contributed by atoms with Crippen LogP contribution in [0.25, 0.3) is 0 Å². The van der Waals surface area contributed by atoms with E-state index in [4.69, 9.17) is 0 Å². The average molecular weight is 236 g/mol. The third-order valence-corrected chi connectivity index (χ3v) is 3.16. The number of amides is 1. The number of aromatic hydroxyl groups is 1. The van der Waals surface area contributed by atoms with E-state index in [-0.39, 0.29) is 18.2 Å². The Bertz CT molecular complexity index is 403. The number of carboxylic acid groups (broad SMARTS) is 1. The van der Waals surface area contributed by atoms with Gasteiger partial charge in [-0.2, -0.15) is 0 Å². The fourth-order valence-corrected chi connectivity index (χ4v) is 2.21. The van der Waals surface area contributed by atoms with Gasteiger partial charge in [-0.1, -0.05) is 12.1 Å². The first-order valence-electron chi connectivity index (χ1n) is 5.51. The summed E-state index contributed by atoms with van der Waals surface area (Å²) >= 11 is 0. The van der Waals surface area contributed by atoms with Gasteiger partial charge < -0.3 is 25.0 Å². The lowest BCUT2D eigenvalue weighted by Crippen LogP contribution is -2.50. The fourth-order valence-electron chi connectivity index (χ4n) is 2.21. The summed E-state index contributed by atoms with van der Waals surface area (Å²) in [6, 6.07) is 6.62. The van der Waals surface area contributed by atoms with Crippen LogP contribution >= 0.6 is 0 Å². The molecule has 5 heteroatoms. The second-order valence-electron chi connectivity index (χ2n) is 4.27.